The maximum atomic E-state index is 10.9. The molecule has 0 fully saturated rings. The molecule has 0 saturated carbocycles. The Morgan fingerprint density at radius 1 is 1.30 bits per heavy atom. The number of hydrogen-bond acceptors (Lipinski definition) is 5. The Balaban J connectivity index is 2.19. The van der Waals surface area contributed by atoms with Gasteiger partial charge in [-0.2, -0.15) is 0 Å². The molecule has 0 heterocycles. The van der Waals surface area contributed by atoms with Crippen LogP contribution in [0.25, 0.3) is 0 Å². The van der Waals surface area contributed by atoms with Crippen LogP contribution in [-0.4, -0.2) is 4.92 Å². The number of anilines is 1. The van der Waals surface area contributed by atoms with Crippen molar-refractivity contribution >= 4 is 34.7 Å². The van der Waals surface area contributed by atoms with Crippen LogP contribution in [0.3, 0.4) is 0 Å². The van der Waals surface area contributed by atoms with Gasteiger partial charge in [-0.1, -0.05) is 29.8 Å². The highest BCUT2D eigenvalue weighted by Gasteiger charge is 2.10. The molecule has 5 nitrogen and oxygen atoms in total. The molecule has 20 heavy (non-hydrogen) atoms. The molecule has 0 amide bonds. The van der Waals surface area contributed by atoms with Crippen LogP contribution in [-0.2, 0) is 5.75 Å². The van der Waals surface area contributed by atoms with E-state index in [2.05, 4.69) is 5.43 Å². The van der Waals surface area contributed by atoms with E-state index in [4.69, 9.17) is 17.4 Å². The molecule has 0 bridgehead atoms. The zero-order chi connectivity index (χ0) is 14.5. The Hall–Kier alpha value is -1.76. The highest BCUT2D eigenvalue weighted by molar-refractivity contribution is 7.98. The van der Waals surface area contributed by atoms with Crippen LogP contribution in [0.4, 0.5) is 11.4 Å². The van der Waals surface area contributed by atoms with Gasteiger partial charge in [0.2, 0.25) is 0 Å². The van der Waals surface area contributed by atoms with Crippen molar-refractivity contribution in [1.82, 2.24) is 0 Å². The van der Waals surface area contributed by atoms with Crippen molar-refractivity contribution in [2.75, 3.05) is 5.43 Å². The van der Waals surface area contributed by atoms with Gasteiger partial charge in [0, 0.05) is 27.8 Å². The number of nitro groups is 1. The van der Waals surface area contributed by atoms with E-state index in [0.717, 1.165) is 10.5 Å². The summed E-state index contributed by atoms with van der Waals surface area (Å²) in [4.78, 5) is 11.2. The minimum absolute atomic E-state index is 0.00195. The van der Waals surface area contributed by atoms with Gasteiger partial charge in [-0.05, 0) is 17.7 Å². The Kier molecular flexibility index (Phi) is 4.84. The van der Waals surface area contributed by atoms with E-state index >= 15 is 0 Å². The quantitative estimate of drug-likeness (QED) is 0.380. The Morgan fingerprint density at radius 2 is 2.05 bits per heavy atom. The largest absolute Gasteiger partial charge is 0.324 e. The van der Waals surface area contributed by atoms with Gasteiger partial charge in [0.15, 0.2) is 0 Å². The van der Waals surface area contributed by atoms with E-state index in [1.54, 1.807) is 6.07 Å². The average Bonchev–Trinajstić information content (AvgIpc) is 2.46. The molecule has 104 valence electrons. The number of benzene rings is 2. The van der Waals surface area contributed by atoms with Crippen LogP contribution in [0.15, 0.2) is 47.4 Å². The summed E-state index contributed by atoms with van der Waals surface area (Å²) in [7, 11) is 0. The maximum Gasteiger partial charge on any atom is 0.272 e. The van der Waals surface area contributed by atoms with E-state index in [1.165, 1.54) is 23.9 Å². The van der Waals surface area contributed by atoms with Crippen molar-refractivity contribution in [2.45, 2.75) is 10.6 Å². The van der Waals surface area contributed by atoms with Crippen molar-refractivity contribution in [3.05, 3.63) is 63.2 Å². The second-order valence-electron chi connectivity index (χ2n) is 4.00. The van der Waals surface area contributed by atoms with Gasteiger partial charge < -0.3 is 5.43 Å². The molecule has 2 rings (SSSR count). The van der Waals surface area contributed by atoms with E-state index in [-0.39, 0.29) is 5.69 Å². The smallest absolute Gasteiger partial charge is 0.272 e. The van der Waals surface area contributed by atoms with Gasteiger partial charge in [-0.25, -0.2) is 0 Å². The Labute approximate surface area is 125 Å². The lowest BCUT2D eigenvalue weighted by atomic mass is 10.2. The molecule has 3 N–H and O–H groups in total. The summed E-state index contributed by atoms with van der Waals surface area (Å²) >= 11 is 7.54. The molecule has 0 aliphatic carbocycles. The molecular formula is C13H12ClN3O2S. The van der Waals surface area contributed by atoms with E-state index < -0.39 is 4.92 Å². The number of halogens is 1. The number of hydrazine groups is 1. The van der Waals surface area contributed by atoms with Crippen LogP contribution in [0.5, 0.6) is 0 Å². The number of nitro benzene ring substituents is 1. The van der Waals surface area contributed by atoms with Crippen molar-refractivity contribution in [2.24, 2.45) is 5.84 Å². The normalized spacial score (nSPS) is 10.3. The second-order valence-corrected chi connectivity index (χ2v) is 5.45. The molecule has 0 aliphatic heterocycles. The van der Waals surface area contributed by atoms with Gasteiger partial charge in [-0.15, -0.1) is 11.8 Å². The number of nitrogens with zero attached hydrogens (tertiary/aromatic N) is 1. The first-order valence-corrected chi connectivity index (χ1v) is 7.09. The van der Waals surface area contributed by atoms with E-state index in [9.17, 15) is 10.1 Å². The third-order valence-electron chi connectivity index (χ3n) is 2.62. The lowest BCUT2D eigenvalue weighted by Gasteiger charge is -2.06. The molecule has 0 atom stereocenters. The fraction of sp³-hybridized carbons (Fsp3) is 0.0769. The number of nitrogens with one attached hydrogen (secondary N) is 1. The van der Waals surface area contributed by atoms with Crippen molar-refractivity contribution < 1.29 is 4.92 Å². The van der Waals surface area contributed by atoms with Gasteiger partial charge in [-0.3, -0.25) is 16.0 Å². The second kappa shape index (κ2) is 6.60. The predicted octanol–water partition coefficient (Wildman–Crippen LogP) is 3.83. The number of rotatable bonds is 5. The van der Waals surface area contributed by atoms with Crippen LogP contribution >= 0.6 is 23.4 Å². The van der Waals surface area contributed by atoms with Gasteiger partial charge in [0.1, 0.15) is 0 Å². The summed E-state index contributed by atoms with van der Waals surface area (Å²) in [5, 5.41) is 11.5. The number of nitrogen functional groups attached to an aromatic ring is 1. The highest BCUT2D eigenvalue weighted by Crippen LogP contribution is 2.31. The lowest BCUT2D eigenvalue weighted by molar-refractivity contribution is -0.385. The Bertz CT molecular complexity index is 637. The fourth-order valence-corrected chi connectivity index (χ4v) is 2.90. The third kappa shape index (κ3) is 3.63. The van der Waals surface area contributed by atoms with Gasteiger partial charge in [0.25, 0.3) is 5.69 Å². The van der Waals surface area contributed by atoms with Crippen molar-refractivity contribution in [1.29, 1.82) is 0 Å². The zero-order valence-corrected chi connectivity index (χ0v) is 11.9. The summed E-state index contributed by atoms with van der Waals surface area (Å²) in [5.41, 5.74) is 3.91. The molecule has 0 unspecified atom stereocenters. The number of hydrogen-bond donors (Lipinski definition) is 2. The van der Waals surface area contributed by atoms with Crippen LogP contribution < -0.4 is 11.3 Å². The number of non-ortho nitro benzene ring substituents is 1. The third-order valence-corrected chi connectivity index (χ3v) is 4.01. The fourth-order valence-electron chi connectivity index (χ4n) is 1.63. The zero-order valence-electron chi connectivity index (χ0n) is 10.4. The molecule has 2 aromatic rings. The maximum absolute atomic E-state index is 10.9. The minimum atomic E-state index is -0.444. The summed E-state index contributed by atoms with van der Waals surface area (Å²) < 4.78 is 0. The lowest BCUT2D eigenvalue weighted by Crippen LogP contribution is -2.07. The first-order valence-electron chi connectivity index (χ1n) is 5.72. The highest BCUT2D eigenvalue weighted by atomic mass is 35.5. The first-order chi connectivity index (χ1) is 9.60. The van der Waals surface area contributed by atoms with Crippen LogP contribution in [0.1, 0.15) is 5.56 Å². The Morgan fingerprint density at radius 3 is 2.70 bits per heavy atom. The molecule has 0 radical (unpaired) electrons. The predicted molar refractivity (Wildman–Crippen MR) is 81.9 cm³/mol. The number of nitrogens with two attached hydrogens (primary N) is 1. The summed E-state index contributed by atoms with van der Waals surface area (Å²) in [5.74, 6) is 5.95. The van der Waals surface area contributed by atoms with Gasteiger partial charge >= 0.3 is 0 Å². The molecule has 0 spiro atoms. The number of thioether (sulfide) groups is 1. The monoisotopic (exact) mass is 309 g/mol. The average molecular weight is 310 g/mol. The molecule has 0 aliphatic rings. The molecule has 0 saturated heterocycles. The van der Waals surface area contributed by atoms with Gasteiger partial charge in [0.05, 0.1) is 10.6 Å². The first kappa shape index (κ1) is 14.6. The van der Waals surface area contributed by atoms with Crippen molar-refractivity contribution in [3.63, 3.8) is 0 Å². The molecular weight excluding hydrogens is 298 g/mol. The molecule has 7 heteroatoms. The van der Waals surface area contributed by atoms with Crippen LogP contribution in [0.2, 0.25) is 5.02 Å². The molecule has 2 aromatic carbocycles. The topological polar surface area (TPSA) is 81.2 Å². The standard InChI is InChI=1S/C13H12ClN3O2S/c14-13-4-2-1-3-9(13)8-20-12-6-10(16-15)5-11(7-12)17(18)19/h1-7,16H,8,15H2. The molecule has 0 aromatic heterocycles. The van der Waals surface area contributed by atoms with Crippen LogP contribution in [0, 0.1) is 10.1 Å². The van der Waals surface area contributed by atoms with Crippen molar-refractivity contribution in [3.8, 4) is 0 Å². The minimum Gasteiger partial charge on any atom is -0.324 e. The SMILES string of the molecule is NNc1cc(SCc2ccccc2Cl)cc([N+](=O)[O-])c1. The summed E-state index contributed by atoms with van der Waals surface area (Å²) in [6.07, 6.45) is 0. The van der Waals surface area contributed by atoms with E-state index in [0.29, 0.717) is 16.5 Å². The summed E-state index contributed by atoms with van der Waals surface area (Å²) in [6.45, 7) is 0. The van der Waals surface area contributed by atoms with E-state index in [1.807, 2.05) is 24.3 Å². The summed E-state index contributed by atoms with van der Waals surface area (Å²) in [6, 6.07) is 12.2.